The molecule has 0 aromatic carbocycles. The molecule has 1 amide bonds. The second-order valence-electron chi connectivity index (χ2n) is 6.57. The third-order valence-electron chi connectivity index (χ3n) is 4.45. The molecule has 0 atom stereocenters. The van der Waals surface area contributed by atoms with Gasteiger partial charge in [-0.05, 0) is 24.3 Å². The van der Waals surface area contributed by atoms with E-state index in [2.05, 4.69) is 15.1 Å². The molecule has 4 rings (SSSR count). The van der Waals surface area contributed by atoms with Crippen LogP contribution in [0, 0.1) is 0 Å². The zero-order valence-corrected chi connectivity index (χ0v) is 15.9. The van der Waals surface area contributed by atoms with Crippen LogP contribution in [0.3, 0.4) is 0 Å². The normalized spacial score (nSPS) is 12.3. The van der Waals surface area contributed by atoms with E-state index in [1.807, 2.05) is 5.32 Å². The highest BCUT2D eigenvalue weighted by Gasteiger charge is 2.43. The van der Waals surface area contributed by atoms with Gasteiger partial charge in [-0.1, -0.05) is 0 Å². The van der Waals surface area contributed by atoms with Crippen LogP contribution in [0.2, 0.25) is 0 Å². The van der Waals surface area contributed by atoms with E-state index >= 15 is 0 Å². The maximum absolute atomic E-state index is 14.0. The summed E-state index contributed by atoms with van der Waals surface area (Å²) in [6.07, 6.45) is -6.54. The second kappa shape index (κ2) is 7.35. The first-order chi connectivity index (χ1) is 15.0. The predicted molar refractivity (Wildman–Crippen MR) is 98.4 cm³/mol. The molecule has 13 heteroatoms. The van der Waals surface area contributed by atoms with Gasteiger partial charge in [-0.25, -0.2) is 0 Å². The van der Waals surface area contributed by atoms with Crippen LogP contribution in [-0.4, -0.2) is 25.7 Å². The lowest BCUT2D eigenvalue weighted by molar-refractivity contribution is -0.141. The van der Waals surface area contributed by atoms with Crippen LogP contribution in [0.25, 0.3) is 22.4 Å². The Morgan fingerprint density at radius 3 is 2.41 bits per heavy atom. The molecule has 4 aromatic rings. The van der Waals surface area contributed by atoms with E-state index in [4.69, 9.17) is 4.42 Å². The van der Waals surface area contributed by atoms with E-state index in [1.54, 1.807) is 0 Å². The van der Waals surface area contributed by atoms with Crippen molar-refractivity contribution in [2.24, 2.45) is 7.05 Å². The number of aryl methyl sites for hydroxylation is 1. The van der Waals surface area contributed by atoms with Gasteiger partial charge in [-0.2, -0.15) is 31.4 Å². The Labute approximate surface area is 174 Å². The van der Waals surface area contributed by atoms with Gasteiger partial charge < -0.3 is 9.73 Å². The Bertz CT molecular complexity index is 1320. The predicted octanol–water partition coefficient (Wildman–Crippen LogP) is 4.91. The average molecular weight is 455 g/mol. The van der Waals surface area contributed by atoms with Gasteiger partial charge in [0.2, 0.25) is 0 Å². The maximum Gasteiger partial charge on any atom is 0.433 e. The standard InChI is InChI=1S/C19H11F6N5O2/c1-30-15(17(31)28-10-3-6-26-11(8-10)18(20,21)22)12(19(23,24)25)13(29-30)14-16-9(2-5-27-14)4-7-32-16/h2-8H,1H3,(H,26,28,31). The topological polar surface area (TPSA) is 85.8 Å². The number of amides is 1. The summed E-state index contributed by atoms with van der Waals surface area (Å²) in [4.78, 5) is 19.8. The quantitative estimate of drug-likeness (QED) is 0.444. The van der Waals surface area contributed by atoms with Gasteiger partial charge in [0, 0.05) is 30.5 Å². The number of hydrogen-bond acceptors (Lipinski definition) is 5. The number of carbonyl (C=O) groups is 1. The van der Waals surface area contributed by atoms with Crippen molar-refractivity contribution < 1.29 is 35.6 Å². The van der Waals surface area contributed by atoms with E-state index in [0.717, 1.165) is 19.3 Å². The first-order valence-corrected chi connectivity index (χ1v) is 8.78. The van der Waals surface area contributed by atoms with Crippen molar-refractivity contribution in [1.82, 2.24) is 19.7 Å². The van der Waals surface area contributed by atoms with E-state index in [9.17, 15) is 31.1 Å². The van der Waals surface area contributed by atoms with Crippen LogP contribution in [0.15, 0.2) is 47.3 Å². The highest BCUT2D eigenvalue weighted by molar-refractivity contribution is 6.05. The molecule has 4 heterocycles. The smallest absolute Gasteiger partial charge is 0.433 e. The summed E-state index contributed by atoms with van der Waals surface area (Å²) in [7, 11) is 1.10. The minimum atomic E-state index is -5.04. The molecule has 32 heavy (non-hydrogen) atoms. The Hall–Kier alpha value is -3.90. The van der Waals surface area contributed by atoms with E-state index in [0.29, 0.717) is 16.1 Å². The Balaban J connectivity index is 1.82. The molecule has 0 unspecified atom stereocenters. The molecular formula is C19H11F6N5O2. The molecule has 166 valence electrons. The zero-order valence-electron chi connectivity index (χ0n) is 15.9. The number of anilines is 1. The fraction of sp³-hybridized carbons (Fsp3) is 0.158. The lowest BCUT2D eigenvalue weighted by Gasteiger charge is -2.12. The summed E-state index contributed by atoms with van der Waals surface area (Å²) in [6, 6.07) is 4.57. The van der Waals surface area contributed by atoms with Crippen molar-refractivity contribution >= 4 is 22.6 Å². The molecular weight excluding hydrogens is 444 g/mol. The minimum Gasteiger partial charge on any atom is -0.462 e. The van der Waals surface area contributed by atoms with Crippen molar-refractivity contribution in [3.63, 3.8) is 0 Å². The number of nitrogens with zero attached hydrogens (tertiary/aromatic N) is 4. The number of halogens is 6. The van der Waals surface area contributed by atoms with Crippen LogP contribution in [0.5, 0.6) is 0 Å². The number of carbonyl (C=O) groups excluding carboxylic acids is 1. The van der Waals surface area contributed by atoms with Gasteiger partial charge in [0.15, 0.2) is 5.58 Å². The summed E-state index contributed by atoms with van der Waals surface area (Å²) in [5, 5.41) is 6.32. The molecule has 0 saturated carbocycles. The highest BCUT2D eigenvalue weighted by atomic mass is 19.4. The highest BCUT2D eigenvalue weighted by Crippen LogP contribution is 2.40. The summed E-state index contributed by atoms with van der Waals surface area (Å²) < 4.78 is 86.5. The van der Waals surface area contributed by atoms with Gasteiger partial charge in [0.05, 0.1) is 6.26 Å². The molecule has 0 spiro atoms. The molecule has 0 aliphatic heterocycles. The minimum absolute atomic E-state index is 0.0343. The third-order valence-corrected chi connectivity index (χ3v) is 4.45. The number of aromatic nitrogens is 4. The van der Waals surface area contributed by atoms with Crippen molar-refractivity contribution in [1.29, 1.82) is 0 Å². The molecule has 0 aliphatic carbocycles. The molecule has 0 aliphatic rings. The van der Waals surface area contributed by atoms with Crippen LogP contribution >= 0.6 is 0 Å². The van der Waals surface area contributed by atoms with Crippen LogP contribution in [0.4, 0.5) is 32.0 Å². The number of alkyl halides is 6. The lowest BCUT2D eigenvalue weighted by atomic mass is 10.1. The molecule has 1 N–H and O–H groups in total. The average Bonchev–Trinajstić information content (AvgIpc) is 3.31. The second-order valence-corrected chi connectivity index (χ2v) is 6.57. The SMILES string of the molecule is Cn1nc(-c2nccc3ccoc23)c(C(F)(F)F)c1C(=O)Nc1ccnc(C(F)(F)F)c1. The van der Waals surface area contributed by atoms with Gasteiger partial charge in [-0.3, -0.25) is 19.4 Å². The number of nitrogens with one attached hydrogen (secondary N) is 1. The van der Waals surface area contributed by atoms with Gasteiger partial charge in [0.25, 0.3) is 5.91 Å². The third kappa shape index (κ3) is 3.76. The first-order valence-electron chi connectivity index (χ1n) is 8.78. The molecule has 0 radical (unpaired) electrons. The number of hydrogen-bond donors (Lipinski definition) is 1. The maximum atomic E-state index is 14.0. The largest absolute Gasteiger partial charge is 0.462 e. The Morgan fingerprint density at radius 2 is 1.72 bits per heavy atom. The van der Waals surface area contributed by atoms with Crippen molar-refractivity contribution in [3.05, 3.63) is 59.9 Å². The summed E-state index contributed by atoms with van der Waals surface area (Å²) in [5.41, 5.74) is -4.88. The number of pyridine rings is 2. The summed E-state index contributed by atoms with van der Waals surface area (Å²) in [5.74, 6) is -1.32. The van der Waals surface area contributed by atoms with Crippen LogP contribution in [-0.2, 0) is 19.4 Å². The van der Waals surface area contributed by atoms with Crippen LogP contribution < -0.4 is 5.32 Å². The fourth-order valence-electron chi connectivity index (χ4n) is 3.13. The Kier molecular flexibility index (Phi) is 4.90. The summed E-state index contributed by atoms with van der Waals surface area (Å²) in [6.45, 7) is 0. The molecule has 0 saturated heterocycles. The number of fused-ring (bicyclic) bond motifs is 1. The van der Waals surface area contributed by atoms with E-state index in [-0.39, 0.29) is 17.0 Å². The Morgan fingerprint density at radius 1 is 1.00 bits per heavy atom. The molecule has 0 bridgehead atoms. The zero-order chi connectivity index (χ0) is 23.3. The van der Waals surface area contributed by atoms with Gasteiger partial charge >= 0.3 is 12.4 Å². The number of furan rings is 1. The molecule has 7 nitrogen and oxygen atoms in total. The van der Waals surface area contributed by atoms with Crippen molar-refractivity contribution in [2.75, 3.05) is 5.32 Å². The monoisotopic (exact) mass is 455 g/mol. The first kappa shape index (κ1) is 21.3. The molecule has 4 aromatic heterocycles. The lowest BCUT2D eigenvalue weighted by Crippen LogP contribution is -2.21. The van der Waals surface area contributed by atoms with Crippen molar-refractivity contribution in [2.45, 2.75) is 12.4 Å². The van der Waals surface area contributed by atoms with Crippen molar-refractivity contribution in [3.8, 4) is 11.4 Å². The summed E-state index contributed by atoms with van der Waals surface area (Å²) >= 11 is 0. The fourth-order valence-corrected chi connectivity index (χ4v) is 3.13. The number of rotatable bonds is 3. The van der Waals surface area contributed by atoms with Crippen LogP contribution in [0.1, 0.15) is 21.7 Å². The van der Waals surface area contributed by atoms with E-state index in [1.165, 1.54) is 24.6 Å². The van der Waals surface area contributed by atoms with E-state index < -0.39 is 40.9 Å². The molecule has 0 fully saturated rings. The van der Waals surface area contributed by atoms with Gasteiger partial charge in [0.1, 0.15) is 28.3 Å². The van der Waals surface area contributed by atoms with Gasteiger partial charge in [-0.15, -0.1) is 0 Å².